The van der Waals surface area contributed by atoms with E-state index in [2.05, 4.69) is 24.0 Å². The summed E-state index contributed by atoms with van der Waals surface area (Å²) in [6.45, 7) is 2.71. The van der Waals surface area contributed by atoms with E-state index in [-0.39, 0.29) is 5.69 Å². The summed E-state index contributed by atoms with van der Waals surface area (Å²) in [5, 5.41) is 0. The molecule has 0 spiro atoms. The number of carbonyl (C=O) groups is 1. The van der Waals surface area contributed by atoms with E-state index in [1.54, 1.807) is 6.07 Å². The molecule has 0 saturated heterocycles. The van der Waals surface area contributed by atoms with Crippen molar-refractivity contribution in [1.82, 2.24) is 4.98 Å². The van der Waals surface area contributed by atoms with Crippen LogP contribution in [0.3, 0.4) is 0 Å². The smallest absolute Gasteiger partial charge is 0.267 e. The van der Waals surface area contributed by atoms with Gasteiger partial charge in [-0.1, -0.05) is 24.3 Å². The quantitative estimate of drug-likeness (QED) is 0.885. The number of hydrogen-bond donors (Lipinski definition) is 2. The highest BCUT2D eigenvalue weighted by molar-refractivity contribution is 5.91. The molecular weight excluding hydrogens is 252 g/mol. The van der Waals surface area contributed by atoms with E-state index in [0.717, 1.165) is 0 Å². The molecule has 0 radical (unpaired) electrons. The molecule has 0 aliphatic carbocycles. The van der Waals surface area contributed by atoms with Crippen LogP contribution >= 0.6 is 0 Å². The van der Waals surface area contributed by atoms with E-state index >= 15 is 0 Å². The molecule has 0 bridgehead atoms. The maximum atomic E-state index is 11.2. The zero-order valence-corrected chi connectivity index (χ0v) is 11.6. The van der Waals surface area contributed by atoms with E-state index in [9.17, 15) is 4.79 Å². The zero-order valence-electron chi connectivity index (χ0n) is 11.6. The first-order valence-corrected chi connectivity index (χ1v) is 6.31. The van der Waals surface area contributed by atoms with Crippen LogP contribution in [0, 0.1) is 6.92 Å². The third-order valence-corrected chi connectivity index (χ3v) is 3.19. The number of rotatable bonds is 4. The van der Waals surface area contributed by atoms with Gasteiger partial charge in [-0.15, -0.1) is 0 Å². The van der Waals surface area contributed by atoms with Gasteiger partial charge in [0, 0.05) is 13.6 Å². The Kier molecular flexibility index (Phi) is 3.89. The van der Waals surface area contributed by atoms with Gasteiger partial charge in [0.25, 0.3) is 5.91 Å². The summed E-state index contributed by atoms with van der Waals surface area (Å²) in [6.07, 6.45) is 0. The molecule has 4 N–H and O–H groups in total. The van der Waals surface area contributed by atoms with Crippen LogP contribution in [0.15, 0.2) is 36.4 Å². The first-order valence-electron chi connectivity index (χ1n) is 6.31. The van der Waals surface area contributed by atoms with Gasteiger partial charge in [-0.3, -0.25) is 4.79 Å². The average molecular weight is 270 g/mol. The highest BCUT2D eigenvalue weighted by Crippen LogP contribution is 2.22. The Bertz CT molecular complexity index is 640. The van der Waals surface area contributed by atoms with Gasteiger partial charge >= 0.3 is 0 Å². The molecule has 5 nitrogen and oxygen atoms in total. The van der Waals surface area contributed by atoms with E-state index in [1.807, 2.05) is 24.1 Å². The van der Waals surface area contributed by atoms with Gasteiger partial charge in [0.1, 0.15) is 5.69 Å². The van der Waals surface area contributed by atoms with Crippen LogP contribution in [0.4, 0.5) is 11.5 Å². The molecule has 1 aromatic heterocycles. The van der Waals surface area contributed by atoms with Gasteiger partial charge < -0.3 is 16.4 Å². The lowest BCUT2D eigenvalue weighted by molar-refractivity contribution is 0.0995. The molecule has 1 heterocycles. The standard InChI is InChI=1S/C15H18N4O/c1-10-5-3-4-6-11(10)9-19(2)15-12(16)7-8-13(18-15)14(17)20/h3-8H,9,16H2,1-2H3,(H2,17,20). The molecule has 104 valence electrons. The highest BCUT2D eigenvalue weighted by atomic mass is 16.1. The van der Waals surface area contributed by atoms with Gasteiger partial charge in [0.05, 0.1) is 5.69 Å². The number of carbonyl (C=O) groups excluding carboxylic acids is 1. The topological polar surface area (TPSA) is 85.2 Å². The number of aromatic nitrogens is 1. The van der Waals surface area contributed by atoms with Crippen molar-refractivity contribution >= 4 is 17.4 Å². The van der Waals surface area contributed by atoms with E-state index < -0.39 is 5.91 Å². The molecule has 0 atom stereocenters. The van der Waals surface area contributed by atoms with Crippen molar-refractivity contribution in [2.75, 3.05) is 17.7 Å². The third-order valence-electron chi connectivity index (χ3n) is 3.19. The van der Waals surface area contributed by atoms with Gasteiger partial charge in [-0.2, -0.15) is 0 Å². The number of primary amides is 1. The minimum absolute atomic E-state index is 0.214. The highest BCUT2D eigenvalue weighted by Gasteiger charge is 2.12. The summed E-state index contributed by atoms with van der Waals surface area (Å²) in [6, 6.07) is 11.3. The molecule has 20 heavy (non-hydrogen) atoms. The maximum absolute atomic E-state index is 11.2. The fourth-order valence-electron chi connectivity index (χ4n) is 2.02. The first kappa shape index (κ1) is 13.9. The van der Waals surface area contributed by atoms with Crippen molar-refractivity contribution in [2.45, 2.75) is 13.5 Å². The summed E-state index contributed by atoms with van der Waals surface area (Å²) in [5.41, 5.74) is 14.3. The lowest BCUT2D eigenvalue weighted by atomic mass is 10.1. The molecule has 2 rings (SSSR count). The van der Waals surface area contributed by atoms with E-state index in [1.165, 1.54) is 17.2 Å². The van der Waals surface area contributed by atoms with E-state index in [4.69, 9.17) is 11.5 Å². The van der Waals surface area contributed by atoms with Crippen molar-refractivity contribution in [3.63, 3.8) is 0 Å². The molecule has 2 aromatic rings. The number of nitrogens with two attached hydrogens (primary N) is 2. The Labute approximate surface area is 118 Å². The van der Waals surface area contributed by atoms with Crippen molar-refractivity contribution in [1.29, 1.82) is 0 Å². The van der Waals surface area contributed by atoms with Crippen LogP contribution in [0.2, 0.25) is 0 Å². The third kappa shape index (κ3) is 2.88. The normalized spacial score (nSPS) is 10.3. The SMILES string of the molecule is Cc1ccccc1CN(C)c1nc(C(N)=O)ccc1N. The average Bonchev–Trinajstić information content (AvgIpc) is 2.41. The van der Waals surface area contributed by atoms with Gasteiger partial charge in [-0.25, -0.2) is 4.98 Å². The molecule has 0 saturated carbocycles. The Morgan fingerprint density at radius 1 is 1.25 bits per heavy atom. The van der Waals surface area contributed by atoms with Crippen LogP contribution in [0.25, 0.3) is 0 Å². The second kappa shape index (κ2) is 5.61. The van der Waals surface area contributed by atoms with Gasteiger partial charge in [0.15, 0.2) is 5.82 Å². The summed E-state index contributed by atoms with van der Waals surface area (Å²) in [7, 11) is 1.88. The zero-order chi connectivity index (χ0) is 14.7. The molecule has 0 fully saturated rings. The van der Waals surface area contributed by atoms with Crippen LogP contribution in [-0.4, -0.2) is 17.9 Å². The lowest BCUT2D eigenvalue weighted by Gasteiger charge is -2.21. The fourth-order valence-corrected chi connectivity index (χ4v) is 2.02. The number of nitrogens with zero attached hydrogens (tertiary/aromatic N) is 2. The van der Waals surface area contributed by atoms with Crippen LogP contribution < -0.4 is 16.4 Å². The minimum atomic E-state index is -0.560. The number of aryl methyl sites for hydroxylation is 1. The Hall–Kier alpha value is -2.56. The number of nitrogen functional groups attached to an aromatic ring is 1. The Morgan fingerprint density at radius 3 is 2.60 bits per heavy atom. The monoisotopic (exact) mass is 270 g/mol. The second-order valence-electron chi connectivity index (χ2n) is 4.76. The number of pyridine rings is 1. The predicted octanol–water partition coefficient (Wildman–Crippen LogP) is 1.71. The first-order chi connectivity index (χ1) is 9.49. The van der Waals surface area contributed by atoms with Crippen molar-refractivity contribution < 1.29 is 4.79 Å². The van der Waals surface area contributed by atoms with Gasteiger partial charge in [-0.05, 0) is 30.2 Å². The summed E-state index contributed by atoms with van der Waals surface area (Å²) in [5.74, 6) is 0.0000877. The lowest BCUT2D eigenvalue weighted by Crippen LogP contribution is -2.22. The van der Waals surface area contributed by atoms with Crippen molar-refractivity contribution in [2.24, 2.45) is 5.73 Å². The fraction of sp³-hybridized carbons (Fsp3) is 0.200. The molecule has 5 heteroatoms. The summed E-state index contributed by atoms with van der Waals surface area (Å²) >= 11 is 0. The number of anilines is 2. The Balaban J connectivity index is 2.29. The maximum Gasteiger partial charge on any atom is 0.267 e. The number of benzene rings is 1. The molecule has 0 aliphatic heterocycles. The molecule has 1 amide bonds. The van der Waals surface area contributed by atoms with E-state index in [0.29, 0.717) is 18.1 Å². The van der Waals surface area contributed by atoms with Gasteiger partial charge in [0.2, 0.25) is 0 Å². The predicted molar refractivity (Wildman–Crippen MR) is 80.5 cm³/mol. The molecule has 1 aromatic carbocycles. The van der Waals surface area contributed by atoms with Crippen molar-refractivity contribution in [3.05, 3.63) is 53.2 Å². The van der Waals surface area contributed by atoms with Crippen LogP contribution in [0.1, 0.15) is 21.6 Å². The number of amides is 1. The van der Waals surface area contributed by atoms with Crippen molar-refractivity contribution in [3.8, 4) is 0 Å². The molecular formula is C15H18N4O. The Morgan fingerprint density at radius 2 is 1.95 bits per heavy atom. The molecule has 0 aliphatic rings. The van der Waals surface area contributed by atoms with Crippen LogP contribution in [-0.2, 0) is 6.54 Å². The largest absolute Gasteiger partial charge is 0.396 e. The summed E-state index contributed by atoms with van der Waals surface area (Å²) < 4.78 is 0. The molecule has 0 unspecified atom stereocenters. The second-order valence-corrected chi connectivity index (χ2v) is 4.76. The minimum Gasteiger partial charge on any atom is -0.396 e. The number of hydrogen-bond acceptors (Lipinski definition) is 4. The summed E-state index contributed by atoms with van der Waals surface area (Å²) in [4.78, 5) is 17.3. The van der Waals surface area contributed by atoms with Crippen LogP contribution in [0.5, 0.6) is 0 Å².